The molecule has 0 atom stereocenters. The van der Waals surface area contributed by atoms with Gasteiger partial charge in [0.2, 0.25) is 0 Å². The fraction of sp³-hybridized carbons (Fsp3) is 0.286. The first-order valence-corrected chi connectivity index (χ1v) is 6.88. The molecule has 0 saturated heterocycles. The highest BCUT2D eigenvalue weighted by Gasteiger charge is 2.11. The average Bonchev–Trinajstić information content (AvgIpc) is 2.39. The largest absolute Gasteiger partial charge is 0.496 e. The summed E-state index contributed by atoms with van der Waals surface area (Å²) in [6.07, 6.45) is 3.36. The van der Waals surface area contributed by atoms with Crippen LogP contribution in [0.2, 0.25) is 0 Å². The van der Waals surface area contributed by atoms with Crippen molar-refractivity contribution in [1.29, 1.82) is 0 Å². The van der Waals surface area contributed by atoms with Crippen molar-refractivity contribution in [3.8, 4) is 5.75 Å². The number of methoxy groups -OCH3 is 1. The van der Waals surface area contributed by atoms with E-state index < -0.39 is 0 Å². The minimum Gasteiger partial charge on any atom is -0.496 e. The third-order valence-corrected chi connectivity index (χ3v) is 3.70. The van der Waals surface area contributed by atoms with Crippen LogP contribution >= 0.6 is 15.9 Å². The lowest BCUT2D eigenvalue weighted by Gasteiger charge is -2.13. The predicted molar refractivity (Wildman–Crippen MR) is 82.2 cm³/mol. The van der Waals surface area contributed by atoms with Crippen LogP contribution in [0, 0.1) is 13.8 Å². The van der Waals surface area contributed by atoms with E-state index in [9.17, 15) is 4.79 Å². The van der Waals surface area contributed by atoms with E-state index in [0.717, 1.165) is 22.6 Å². The SMILES string of the molecule is COc1c(C)cnc(Cn2cc(N)cc(Br)c2=O)c1C. The molecule has 5 nitrogen and oxygen atoms in total. The maximum absolute atomic E-state index is 12.1. The monoisotopic (exact) mass is 337 g/mol. The van der Waals surface area contributed by atoms with Gasteiger partial charge in [-0.1, -0.05) is 0 Å². The molecule has 0 aromatic carbocycles. The molecule has 2 aromatic heterocycles. The Morgan fingerprint density at radius 2 is 2.15 bits per heavy atom. The minimum absolute atomic E-state index is 0.139. The summed E-state index contributed by atoms with van der Waals surface area (Å²) in [6, 6.07) is 1.59. The highest BCUT2D eigenvalue weighted by molar-refractivity contribution is 9.10. The second-order valence-corrected chi connectivity index (χ2v) is 5.45. The van der Waals surface area contributed by atoms with Crippen LogP contribution in [0.3, 0.4) is 0 Å². The van der Waals surface area contributed by atoms with Crippen molar-refractivity contribution in [1.82, 2.24) is 9.55 Å². The summed E-state index contributed by atoms with van der Waals surface area (Å²) in [5.74, 6) is 0.797. The topological polar surface area (TPSA) is 70.1 Å². The number of halogens is 1. The molecule has 2 rings (SSSR count). The second kappa shape index (κ2) is 5.66. The summed E-state index contributed by atoms with van der Waals surface area (Å²) in [5.41, 5.74) is 8.83. The van der Waals surface area contributed by atoms with E-state index in [2.05, 4.69) is 20.9 Å². The van der Waals surface area contributed by atoms with Crippen molar-refractivity contribution in [2.45, 2.75) is 20.4 Å². The van der Waals surface area contributed by atoms with E-state index in [4.69, 9.17) is 10.5 Å². The first-order valence-electron chi connectivity index (χ1n) is 6.08. The van der Waals surface area contributed by atoms with Crippen LogP contribution in [-0.4, -0.2) is 16.7 Å². The van der Waals surface area contributed by atoms with Crippen molar-refractivity contribution in [2.24, 2.45) is 0 Å². The molecule has 2 N–H and O–H groups in total. The van der Waals surface area contributed by atoms with E-state index >= 15 is 0 Å². The number of anilines is 1. The van der Waals surface area contributed by atoms with Gasteiger partial charge < -0.3 is 15.0 Å². The van der Waals surface area contributed by atoms with E-state index in [1.807, 2.05) is 13.8 Å². The van der Waals surface area contributed by atoms with Crippen LogP contribution in [0.15, 0.2) is 27.7 Å². The molecule has 0 amide bonds. The third kappa shape index (κ3) is 2.70. The van der Waals surface area contributed by atoms with Gasteiger partial charge in [0.05, 0.1) is 23.8 Å². The van der Waals surface area contributed by atoms with Gasteiger partial charge in [-0.3, -0.25) is 9.78 Å². The van der Waals surface area contributed by atoms with Crippen LogP contribution in [0.5, 0.6) is 5.75 Å². The molecule has 2 aromatic rings. The Morgan fingerprint density at radius 1 is 1.45 bits per heavy atom. The Kier molecular flexibility index (Phi) is 4.13. The Bertz CT molecular complexity index is 710. The van der Waals surface area contributed by atoms with Gasteiger partial charge in [0.15, 0.2) is 0 Å². The van der Waals surface area contributed by atoms with Gasteiger partial charge in [0.25, 0.3) is 5.56 Å². The minimum atomic E-state index is -0.139. The number of nitrogen functional groups attached to an aromatic ring is 1. The van der Waals surface area contributed by atoms with Crippen LogP contribution in [-0.2, 0) is 6.54 Å². The van der Waals surface area contributed by atoms with E-state index in [-0.39, 0.29) is 5.56 Å². The van der Waals surface area contributed by atoms with Gasteiger partial charge in [-0.15, -0.1) is 0 Å². The molecule has 2 heterocycles. The van der Waals surface area contributed by atoms with Gasteiger partial charge >= 0.3 is 0 Å². The van der Waals surface area contributed by atoms with Gasteiger partial charge in [0, 0.05) is 29.2 Å². The molecular weight excluding hydrogens is 322 g/mol. The van der Waals surface area contributed by atoms with Crippen molar-refractivity contribution in [2.75, 3.05) is 12.8 Å². The van der Waals surface area contributed by atoms with E-state index in [1.54, 1.807) is 25.6 Å². The Labute approximate surface area is 125 Å². The quantitative estimate of drug-likeness (QED) is 0.932. The van der Waals surface area contributed by atoms with Crippen molar-refractivity contribution in [3.05, 3.63) is 50.1 Å². The van der Waals surface area contributed by atoms with Crippen LogP contribution in [0.4, 0.5) is 5.69 Å². The van der Waals surface area contributed by atoms with Gasteiger partial charge in [-0.2, -0.15) is 0 Å². The zero-order valence-electron chi connectivity index (χ0n) is 11.6. The zero-order valence-corrected chi connectivity index (χ0v) is 13.2. The molecule has 0 aliphatic rings. The molecule has 0 aliphatic carbocycles. The number of aryl methyl sites for hydroxylation is 1. The number of nitrogens with two attached hydrogens (primary N) is 1. The van der Waals surface area contributed by atoms with Crippen molar-refractivity contribution >= 4 is 21.6 Å². The lowest BCUT2D eigenvalue weighted by atomic mass is 10.1. The predicted octanol–water partition coefficient (Wildman–Crippen LogP) is 2.26. The molecule has 106 valence electrons. The maximum atomic E-state index is 12.1. The highest BCUT2D eigenvalue weighted by Crippen LogP contribution is 2.24. The maximum Gasteiger partial charge on any atom is 0.265 e. The fourth-order valence-corrected chi connectivity index (χ4v) is 2.62. The number of pyridine rings is 2. The molecule has 0 saturated carbocycles. The normalized spacial score (nSPS) is 10.6. The van der Waals surface area contributed by atoms with Crippen LogP contribution in [0.25, 0.3) is 0 Å². The Morgan fingerprint density at radius 3 is 2.80 bits per heavy atom. The molecule has 0 aliphatic heterocycles. The number of nitrogens with zero attached hydrogens (tertiary/aromatic N) is 2. The van der Waals surface area contributed by atoms with Gasteiger partial charge in [-0.25, -0.2) is 0 Å². The van der Waals surface area contributed by atoms with Crippen molar-refractivity contribution in [3.63, 3.8) is 0 Å². The molecule has 0 bridgehead atoms. The average molecular weight is 338 g/mol. The number of aromatic nitrogens is 2. The summed E-state index contributed by atoms with van der Waals surface area (Å²) in [5, 5.41) is 0. The first kappa shape index (κ1) is 14.6. The summed E-state index contributed by atoms with van der Waals surface area (Å²) < 4.78 is 7.34. The molecule has 0 unspecified atom stereocenters. The lowest BCUT2D eigenvalue weighted by Crippen LogP contribution is -2.22. The van der Waals surface area contributed by atoms with Gasteiger partial charge in [0.1, 0.15) is 5.75 Å². The zero-order chi connectivity index (χ0) is 14.9. The molecular formula is C14H16BrN3O2. The molecule has 0 fully saturated rings. The number of hydrogen-bond acceptors (Lipinski definition) is 4. The smallest absolute Gasteiger partial charge is 0.265 e. The van der Waals surface area contributed by atoms with Crippen LogP contribution < -0.4 is 16.0 Å². The Hall–Kier alpha value is -1.82. The number of ether oxygens (including phenoxy) is 1. The number of hydrogen-bond donors (Lipinski definition) is 1. The second-order valence-electron chi connectivity index (χ2n) is 4.60. The number of rotatable bonds is 3. The van der Waals surface area contributed by atoms with Crippen LogP contribution in [0.1, 0.15) is 16.8 Å². The molecule has 6 heteroatoms. The lowest BCUT2D eigenvalue weighted by molar-refractivity contribution is 0.406. The van der Waals surface area contributed by atoms with Gasteiger partial charge in [-0.05, 0) is 35.8 Å². The third-order valence-electron chi connectivity index (χ3n) is 3.13. The summed E-state index contributed by atoms with van der Waals surface area (Å²) in [7, 11) is 1.63. The summed E-state index contributed by atoms with van der Waals surface area (Å²) in [4.78, 5) is 16.4. The van der Waals surface area contributed by atoms with E-state index in [0.29, 0.717) is 16.7 Å². The van der Waals surface area contributed by atoms with Crippen molar-refractivity contribution < 1.29 is 4.74 Å². The first-order chi connectivity index (χ1) is 9.43. The Balaban J connectivity index is 2.48. The van der Waals surface area contributed by atoms with E-state index in [1.165, 1.54) is 4.57 Å². The highest BCUT2D eigenvalue weighted by atomic mass is 79.9. The molecule has 0 radical (unpaired) electrons. The summed E-state index contributed by atoms with van der Waals surface area (Å²) >= 11 is 3.21. The molecule has 20 heavy (non-hydrogen) atoms. The summed E-state index contributed by atoms with van der Waals surface area (Å²) in [6.45, 7) is 4.22. The molecule has 0 spiro atoms. The standard InChI is InChI=1S/C14H16BrN3O2/c1-8-5-17-12(9(2)13(8)20-3)7-18-6-10(16)4-11(15)14(18)19/h4-6H,7,16H2,1-3H3. The fourth-order valence-electron chi connectivity index (χ4n) is 2.13.